The molecule has 0 atom stereocenters. The molecule has 0 bridgehead atoms. The van der Waals surface area contributed by atoms with Gasteiger partial charge in [-0.15, -0.1) is 0 Å². The van der Waals surface area contributed by atoms with Crippen LogP contribution in [0, 0.1) is 0 Å². The Balaban J connectivity index is 2.63. The minimum Gasteiger partial charge on any atom is -0.506 e. The van der Waals surface area contributed by atoms with Crippen LogP contribution in [0.4, 0.5) is 19.0 Å². The van der Waals surface area contributed by atoms with Crippen molar-refractivity contribution in [3.05, 3.63) is 28.8 Å². The van der Waals surface area contributed by atoms with Gasteiger partial charge in [0.05, 0.1) is 16.1 Å². The molecule has 8 heteroatoms. The van der Waals surface area contributed by atoms with Gasteiger partial charge in [0.15, 0.2) is 11.6 Å². The molecule has 0 radical (unpaired) electrons. The first kappa shape index (κ1) is 12.6. The lowest BCUT2D eigenvalue weighted by Gasteiger charge is -2.10. The van der Waals surface area contributed by atoms with Crippen molar-refractivity contribution in [2.45, 2.75) is 6.18 Å². The molecule has 0 fully saturated rings. The molecule has 4 nitrogen and oxygen atoms in total. The van der Waals surface area contributed by atoms with Crippen LogP contribution in [0.5, 0.6) is 5.75 Å². The Labute approximate surface area is 104 Å². The third-order valence-corrected chi connectivity index (χ3v) is 2.47. The number of nitrogens with two attached hydrogens (primary N) is 1. The lowest BCUT2D eigenvalue weighted by Crippen LogP contribution is -2.05. The third-order valence-electron chi connectivity index (χ3n) is 2.18. The van der Waals surface area contributed by atoms with E-state index in [1.54, 1.807) is 0 Å². The Morgan fingerprint density at radius 3 is 2.44 bits per heavy atom. The average Bonchev–Trinajstić information content (AvgIpc) is 2.67. The van der Waals surface area contributed by atoms with Crippen LogP contribution in [-0.2, 0) is 6.18 Å². The normalized spacial score (nSPS) is 11.8. The van der Waals surface area contributed by atoms with Gasteiger partial charge in [0, 0.05) is 6.07 Å². The van der Waals surface area contributed by atoms with Gasteiger partial charge in [0.25, 0.3) is 0 Å². The molecule has 0 saturated carbocycles. The number of halogens is 4. The number of hydrogen-bond acceptors (Lipinski definition) is 4. The van der Waals surface area contributed by atoms with Crippen molar-refractivity contribution in [3.63, 3.8) is 0 Å². The van der Waals surface area contributed by atoms with E-state index in [0.29, 0.717) is 12.1 Å². The van der Waals surface area contributed by atoms with Crippen LogP contribution in [0.2, 0.25) is 5.02 Å². The number of nitrogens with zero attached hydrogens (tertiary/aromatic N) is 1. The van der Waals surface area contributed by atoms with Crippen molar-refractivity contribution in [1.82, 2.24) is 5.16 Å². The highest BCUT2D eigenvalue weighted by atomic mass is 35.5. The first-order valence-electron chi connectivity index (χ1n) is 4.61. The number of benzene rings is 1. The van der Waals surface area contributed by atoms with Gasteiger partial charge in [-0.25, -0.2) is 0 Å². The van der Waals surface area contributed by atoms with E-state index in [4.69, 9.17) is 21.9 Å². The van der Waals surface area contributed by atoms with E-state index < -0.39 is 22.5 Å². The zero-order chi connectivity index (χ0) is 13.5. The van der Waals surface area contributed by atoms with Crippen LogP contribution in [0.1, 0.15) is 5.56 Å². The molecule has 3 N–H and O–H groups in total. The van der Waals surface area contributed by atoms with Crippen LogP contribution in [0.15, 0.2) is 22.7 Å². The van der Waals surface area contributed by atoms with Gasteiger partial charge >= 0.3 is 6.18 Å². The molecule has 1 heterocycles. The second-order valence-corrected chi connectivity index (χ2v) is 3.88. The van der Waals surface area contributed by atoms with Crippen molar-refractivity contribution in [2.24, 2.45) is 0 Å². The van der Waals surface area contributed by atoms with Crippen LogP contribution < -0.4 is 5.73 Å². The number of aromatic nitrogens is 1. The standard InChI is InChI=1S/C10H6ClF3N2O2/c11-6-2-4(10(12,13)14)1-5(9(6)17)7-3-8(15)16-18-7/h1-3,17H,(H2,15,16). The van der Waals surface area contributed by atoms with Crippen LogP contribution in [0.3, 0.4) is 0 Å². The number of anilines is 1. The summed E-state index contributed by atoms with van der Waals surface area (Å²) < 4.78 is 42.5. The molecule has 2 rings (SSSR count). The summed E-state index contributed by atoms with van der Waals surface area (Å²) in [5, 5.41) is 12.5. The predicted octanol–water partition coefficient (Wildman–Crippen LogP) is 3.30. The van der Waals surface area contributed by atoms with Crippen molar-refractivity contribution >= 4 is 17.4 Å². The van der Waals surface area contributed by atoms with E-state index in [1.807, 2.05) is 0 Å². The van der Waals surface area contributed by atoms with Gasteiger partial charge in [-0.1, -0.05) is 16.8 Å². The molecule has 0 aliphatic heterocycles. The topological polar surface area (TPSA) is 72.3 Å². The molecule has 0 aliphatic rings. The van der Waals surface area contributed by atoms with Crippen LogP contribution >= 0.6 is 11.6 Å². The molecule has 0 saturated heterocycles. The smallest absolute Gasteiger partial charge is 0.416 e. The molecule has 2 aromatic rings. The van der Waals surface area contributed by atoms with Gasteiger partial charge in [0.1, 0.15) is 5.75 Å². The van der Waals surface area contributed by atoms with Crippen molar-refractivity contribution < 1.29 is 22.8 Å². The summed E-state index contributed by atoms with van der Waals surface area (Å²) in [6, 6.07) is 2.52. The van der Waals surface area contributed by atoms with Gasteiger partial charge in [-0.05, 0) is 12.1 Å². The first-order valence-corrected chi connectivity index (χ1v) is 4.99. The molecule has 1 aromatic heterocycles. The quantitative estimate of drug-likeness (QED) is 0.839. The Bertz CT molecular complexity index is 595. The number of aromatic hydroxyl groups is 1. The Kier molecular flexibility index (Phi) is 2.86. The molecule has 96 valence electrons. The Morgan fingerprint density at radius 2 is 1.94 bits per heavy atom. The summed E-state index contributed by atoms with van der Waals surface area (Å²) in [5.74, 6) is -0.642. The number of rotatable bonds is 1. The van der Waals surface area contributed by atoms with Crippen molar-refractivity contribution in [1.29, 1.82) is 0 Å². The van der Waals surface area contributed by atoms with Gasteiger partial charge < -0.3 is 15.4 Å². The first-order chi connectivity index (χ1) is 8.29. The maximum atomic E-state index is 12.6. The zero-order valence-corrected chi connectivity index (χ0v) is 9.38. The maximum absolute atomic E-state index is 12.6. The largest absolute Gasteiger partial charge is 0.506 e. The highest BCUT2D eigenvalue weighted by Crippen LogP contribution is 2.41. The monoisotopic (exact) mass is 278 g/mol. The van der Waals surface area contributed by atoms with E-state index in [9.17, 15) is 18.3 Å². The molecule has 1 aromatic carbocycles. The molecule has 0 aliphatic carbocycles. The number of alkyl halides is 3. The van der Waals surface area contributed by atoms with Gasteiger partial charge in [-0.2, -0.15) is 13.2 Å². The highest BCUT2D eigenvalue weighted by molar-refractivity contribution is 6.32. The van der Waals surface area contributed by atoms with Crippen LogP contribution in [0.25, 0.3) is 11.3 Å². The third kappa shape index (κ3) is 2.21. The number of phenolic OH excluding ortho intramolecular Hbond substituents is 1. The second-order valence-electron chi connectivity index (χ2n) is 3.47. The molecule has 18 heavy (non-hydrogen) atoms. The van der Waals surface area contributed by atoms with Crippen LogP contribution in [-0.4, -0.2) is 10.3 Å². The molecular weight excluding hydrogens is 273 g/mol. The van der Waals surface area contributed by atoms with Gasteiger partial charge in [0.2, 0.25) is 0 Å². The summed E-state index contributed by atoms with van der Waals surface area (Å²) in [5.41, 5.74) is 4.06. The molecular formula is C10H6ClF3N2O2. The maximum Gasteiger partial charge on any atom is 0.416 e. The lowest BCUT2D eigenvalue weighted by molar-refractivity contribution is -0.137. The number of nitrogen functional groups attached to an aromatic ring is 1. The fourth-order valence-electron chi connectivity index (χ4n) is 1.37. The molecule has 0 unspecified atom stereocenters. The Morgan fingerprint density at radius 1 is 1.28 bits per heavy atom. The van der Waals surface area contributed by atoms with E-state index in [2.05, 4.69) is 5.16 Å². The fourth-order valence-corrected chi connectivity index (χ4v) is 1.59. The summed E-state index contributed by atoms with van der Waals surface area (Å²) in [4.78, 5) is 0. The second kappa shape index (κ2) is 4.09. The number of hydrogen-bond donors (Lipinski definition) is 2. The minimum absolute atomic E-state index is 0.0158. The lowest BCUT2D eigenvalue weighted by atomic mass is 10.1. The zero-order valence-electron chi connectivity index (χ0n) is 8.62. The fraction of sp³-hybridized carbons (Fsp3) is 0.100. The van der Waals surface area contributed by atoms with E-state index >= 15 is 0 Å². The summed E-state index contributed by atoms with van der Waals surface area (Å²) >= 11 is 5.54. The van der Waals surface area contributed by atoms with E-state index in [-0.39, 0.29) is 17.1 Å². The summed E-state index contributed by atoms with van der Waals surface area (Å²) in [6.45, 7) is 0. The van der Waals surface area contributed by atoms with Gasteiger partial charge in [-0.3, -0.25) is 0 Å². The average molecular weight is 279 g/mol. The summed E-state index contributed by atoms with van der Waals surface area (Å²) in [7, 11) is 0. The Hall–Kier alpha value is -1.89. The number of phenols is 1. The van der Waals surface area contributed by atoms with Crippen molar-refractivity contribution in [3.8, 4) is 17.1 Å². The van der Waals surface area contributed by atoms with Crippen molar-refractivity contribution in [2.75, 3.05) is 5.73 Å². The summed E-state index contributed by atoms with van der Waals surface area (Å²) in [6.07, 6.45) is -4.59. The van der Waals surface area contributed by atoms with E-state index in [0.717, 1.165) is 0 Å². The predicted molar refractivity (Wildman–Crippen MR) is 58.0 cm³/mol. The molecule has 0 spiro atoms. The molecule has 0 amide bonds. The SMILES string of the molecule is Nc1cc(-c2cc(C(F)(F)F)cc(Cl)c2O)on1. The minimum atomic E-state index is -4.59. The van der Waals surface area contributed by atoms with E-state index in [1.165, 1.54) is 6.07 Å². The highest BCUT2D eigenvalue weighted by Gasteiger charge is 2.32.